The van der Waals surface area contributed by atoms with Gasteiger partial charge < -0.3 is 19.9 Å². The number of aliphatic hydroxyl groups excluding tert-OH is 1. The molecule has 0 unspecified atom stereocenters. The van der Waals surface area contributed by atoms with Crippen molar-refractivity contribution < 1.29 is 19.4 Å². The zero-order valence-corrected chi connectivity index (χ0v) is 12.5. The van der Waals surface area contributed by atoms with E-state index in [0.717, 1.165) is 0 Å². The smallest absolute Gasteiger partial charge is 0.271 e. The fraction of sp³-hybridized carbons (Fsp3) is 0.333. The van der Waals surface area contributed by atoms with Crippen LogP contribution in [-0.4, -0.2) is 41.0 Å². The number of methoxy groups -OCH3 is 1. The van der Waals surface area contributed by atoms with E-state index in [1.165, 1.54) is 0 Å². The van der Waals surface area contributed by atoms with Crippen molar-refractivity contribution in [2.24, 2.45) is 0 Å². The van der Waals surface area contributed by atoms with Gasteiger partial charge in [-0.3, -0.25) is 9.89 Å². The van der Waals surface area contributed by atoms with Crippen LogP contribution in [0.3, 0.4) is 0 Å². The second-order valence-electron chi connectivity index (χ2n) is 4.78. The van der Waals surface area contributed by atoms with E-state index in [4.69, 9.17) is 14.6 Å². The first-order valence-corrected chi connectivity index (χ1v) is 6.86. The third-order valence-electron chi connectivity index (χ3n) is 2.87. The second kappa shape index (κ2) is 7.46. The lowest BCUT2D eigenvalue weighted by molar-refractivity contribution is 0.0919. The number of carbonyl (C=O) groups excluding carboxylic acids is 1. The van der Waals surface area contributed by atoms with Crippen molar-refractivity contribution in [1.29, 1.82) is 0 Å². The maximum Gasteiger partial charge on any atom is 0.271 e. The minimum absolute atomic E-state index is 0.179. The van der Waals surface area contributed by atoms with E-state index in [2.05, 4.69) is 15.5 Å². The number of hydrogen-bond donors (Lipinski definition) is 3. The predicted molar refractivity (Wildman–Crippen MR) is 79.9 cm³/mol. The van der Waals surface area contributed by atoms with Gasteiger partial charge in [-0.25, -0.2) is 0 Å². The molecule has 1 aromatic heterocycles. The van der Waals surface area contributed by atoms with Gasteiger partial charge in [-0.15, -0.1) is 0 Å². The molecule has 22 heavy (non-hydrogen) atoms. The number of aliphatic hydroxyl groups is 1. The summed E-state index contributed by atoms with van der Waals surface area (Å²) in [6.07, 6.45) is -0.601. The standard InChI is InChI=1S/C15H19N3O4/c1-10(19)8-16-15(20)12-7-11(17-18-12)9-22-14-6-4-3-5-13(14)21-2/h3-7,10,19H,8-9H2,1-2H3,(H,16,20)(H,17,18)/t10-/m0/s1. The molecule has 0 radical (unpaired) electrons. The van der Waals surface area contributed by atoms with Crippen molar-refractivity contribution >= 4 is 5.91 Å². The highest BCUT2D eigenvalue weighted by molar-refractivity contribution is 5.92. The van der Waals surface area contributed by atoms with Crippen molar-refractivity contribution in [3.05, 3.63) is 41.7 Å². The summed E-state index contributed by atoms with van der Waals surface area (Å²) in [7, 11) is 1.57. The lowest BCUT2D eigenvalue weighted by Gasteiger charge is -2.08. The van der Waals surface area contributed by atoms with Gasteiger partial charge in [0.25, 0.3) is 5.91 Å². The van der Waals surface area contributed by atoms with Gasteiger partial charge in [0.2, 0.25) is 0 Å². The molecule has 2 rings (SSSR count). The van der Waals surface area contributed by atoms with Crippen molar-refractivity contribution in [3.63, 3.8) is 0 Å². The third kappa shape index (κ3) is 4.23. The number of aromatic nitrogens is 2. The molecule has 118 valence electrons. The summed E-state index contributed by atoms with van der Waals surface area (Å²) in [5, 5.41) is 18.4. The number of rotatable bonds is 7. The zero-order valence-electron chi connectivity index (χ0n) is 12.5. The van der Waals surface area contributed by atoms with Crippen LogP contribution in [0.5, 0.6) is 11.5 Å². The Kier molecular flexibility index (Phi) is 5.37. The first kappa shape index (κ1) is 15.8. The van der Waals surface area contributed by atoms with Gasteiger partial charge in [0, 0.05) is 6.54 Å². The molecule has 1 amide bonds. The summed E-state index contributed by atoms with van der Waals surface area (Å²) in [5.74, 6) is 0.900. The Bertz CT molecular complexity index is 625. The molecule has 2 aromatic rings. The fourth-order valence-corrected chi connectivity index (χ4v) is 1.78. The summed E-state index contributed by atoms with van der Waals surface area (Å²) in [4.78, 5) is 11.8. The topological polar surface area (TPSA) is 96.5 Å². The molecule has 7 heteroatoms. The zero-order chi connectivity index (χ0) is 15.9. The molecule has 0 aliphatic rings. The van der Waals surface area contributed by atoms with Gasteiger partial charge in [0.05, 0.1) is 18.9 Å². The molecule has 0 bridgehead atoms. The summed E-state index contributed by atoms with van der Waals surface area (Å²) < 4.78 is 10.8. The number of carbonyl (C=O) groups is 1. The molecule has 0 fully saturated rings. The van der Waals surface area contributed by atoms with Gasteiger partial charge in [-0.2, -0.15) is 5.10 Å². The molecule has 1 atom stereocenters. The molecular formula is C15H19N3O4. The van der Waals surface area contributed by atoms with E-state index in [1.54, 1.807) is 32.2 Å². The van der Waals surface area contributed by atoms with Crippen LogP contribution in [0.15, 0.2) is 30.3 Å². The van der Waals surface area contributed by atoms with Crippen LogP contribution in [0, 0.1) is 0 Å². The SMILES string of the molecule is COc1ccccc1OCc1cc(C(=O)NC[C@H](C)O)n[nH]1. The number of benzene rings is 1. The number of hydrogen-bond acceptors (Lipinski definition) is 5. The Hall–Kier alpha value is -2.54. The predicted octanol–water partition coefficient (Wildman–Crippen LogP) is 1.11. The van der Waals surface area contributed by atoms with E-state index < -0.39 is 6.10 Å². The van der Waals surface area contributed by atoms with E-state index in [-0.39, 0.29) is 24.8 Å². The second-order valence-corrected chi connectivity index (χ2v) is 4.78. The number of aromatic amines is 1. The van der Waals surface area contributed by atoms with Crippen molar-refractivity contribution in [2.75, 3.05) is 13.7 Å². The minimum atomic E-state index is -0.601. The van der Waals surface area contributed by atoms with E-state index >= 15 is 0 Å². The summed E-state index contributed by atoms with van der Waals surface area (Å²) in [6, 6.07) is 8.90. The fourth-order valence-electron chi connectivity index (χ4n) is 1.78. The normalized spacial score (nSPS) is 11.8. The van der Waals surface area contributed by atoms with E-state index in [0.29, 0.717) is 17.2 Å². The number of H-pyrrole nitrogens is 1. The number of nitrogens with one attached hydrogen (secondary N) is 2. The quantitative estimate of drug-likeness (QED) is 0.712. The monoisotopic (exact) mass is 305 g/mol. The van der Waals surface area contributed by atoms with Gasteiger partial charge >= 0.3 is 0 Å². The number of amides is 1. The highest BCUT2D eigenvalue weighted by Crippen LogP contribution is 2.26. The van der Waals surface area contributed by atoms with Gasteiger partial charge in [-0.1, -0.05) is 12.1 Å². The molecule has 1 aromatic carbocycles. The van der Waals surface area contributed by atoms with E-state index in [9.17, 15) is 4.79 Å². The van der Waals surface area contributed by atoms with Gasteiger partial charge in [0.1, 0.15) is 12.3 Å². The highest BCUT2D eigenvalue weighted by atomic mass is 16.5. The van der Waals surface area contributed by atoms with Crippen molar-refractivity contribution in [2.45, 2.75) is 19.6 Å². The minimum Gasteiger partial charge on any atom is -0.493 e. The molecule has 0 saturated heterocycles. The number of para-hydroxylation sites is 2. The molecule has 0 spiro atoms. The largest absolute Gasteiger partial charge is 0.493 e. The molecule has 0 aliphatic heterocycles. The number of ether oxygens (including phenoxy) is 2. The van der Waals surface area contributed by atoms with Crippen molar-refractivity contribution in [1.82, 2.24) is 15.5 Å². The van der Waals surface area contributed by atoms with Crippen LogP contribution >= 0.6 is 0 Å². The molecule has 7 nitrogen and oxygen atoms in total. The van der Waals surface area contributed by atoms with Gasteiger partial charge in [0.15, 0.2) is 11.5 Å². The number of nitrogens with zero attached hydrogens (tertiary/aromatic N) is 1. The van der Waals surface area contributed by atoms with Crippen molar-refractivity contribution in [3.8, 4) is 11.5 Å². The Labute approximate surface area is 128 Å². The van der Waals surface area contributed by atoms with Crippen LogP contribution in [-0.2, 0) is 6.61 Å². The summed E-state index contributed by atoms with van der Waals surface area (Å²) in [5.41, 5.74) is 0.910. The Morgan fingerprint density at radius 1 is 1.41 bits per heavy atom. The van der Waals surface area contributed by atoms with Crippen LogP contribution in [0.1, 0.15) is 23.1 Å². The van der Waals surface area contributed by atoms with Crippen LogP contribution in [0.4, 0.5) is 0 Å². The van der Waals surface area contributed by atoms with Gasteiger partial charge in [-0.05, 0) is 25.1 Å². The summed E-state index contributed by atoms with van der Waals surface area (Å²) in [6.45, 7) is 2.01. The van der Waals surface area contributed by atoms with Crippen LogP contribution in [0.2, 0.25) is 0 Å². The first-order valence-electron chi connectivity index (χ1n) is 6.86. The maximum atomic E-state index is 11.8. The molecule has 1 heterocycles. The average Bonchev–Trinajstić information content (AvgIpc) is 2.99. The first-order chi connectivity index (χ1) is 10.6. The van der Waals surface area contributed by atoms with Crippen LogP contribution < -0.4 is 14.8 Å². The maximum absolute atomic E-state index is 11.8. The highest BCUT2D eigenvalue weighted by Gasteiger charge is 2.11. The lowest BCUT2D eigenvalue weighted by atomic mass is 10.3. The molecule has 0 saturated carbocycles. The lowest BCUT2D eigenvalue weighted by Crippen LogP contribution is -2.30. The van der Waals surface area contributed by atoms with E-state index in [1.807, 2.05) is 12.1 Å². The molecule has 3 N–H and O–H groups in total. The molecule has 0 aliphatic carbocycles. The van der Waals surface area contributed by atoms with Crippen LogP contribution in [0.25, 0.3) is 0 Å². The molecular weight excluding hydrogens is 286 g/mol. The Balaban J connectivity index is 1.93. The Morgan fingerprint density at radius 2 is 2.14 bits per heavy atom. The summed E-state index contributed by atoms with van der Waals surface area (Å²) >= 11 is 0. The Morgan fingerprint density at radius 3 is 2.82 bits per heavy atom. The average molecular weight is 305 g/mol. The third-order valence-corrected chi connectivity index (χ3v) is 2.87.